The Morgan fingerprint density at radius 3 is 2.29 bits per heavy atom. The molecule has 0 aliphatic heterocycles. The fraction of sp³-hybridized carbons (Fsp3) is 0.136. The average Bonchev–Trinajstić information content (AvgIpc) is 2.67. The minimum absolute atomic E-state index is 0.0727. The molecule has 0 aliphatic carbocycles. The normalized spacial score (nSPS) is 11.6. The van der Waals surface area contributed by atoms with Crippen LogP contribution >= 0.6 is 0 Å². The molecule has 0 saturated heterocycles. The maximum atomic E-state index is 11.5. The predicted octanol–water partition coefficient (Wildman–Crippen LogP) is 4.80. The van der Waals surface area contributed by atoms with Gasteiger partial charge in [0.25, 0.3) is 0 Å². The molecule has 5 nitrogen and oxygen atoms in total. The zero-order chi connectivity index (χ0) is 20.1. The number of carboxylic acid groups (broad SMARTS) is 1. The van der Waals surface area contributed by atoms with E-state index in [4.69, 9.17) is 9.47 Å². The minimum Gasteiger partial charge on any atom is -0.489 e. The Hall–Kier alpha value is -3.12. The standard InChI is InChI=1S/C22H20O5S/c1-15-5-3-4-6-16(15)14-26-19-11-17(22(23)24)12-20(13-19)27-18-7-9-21(10-8-18)28(2)25/h3-13H,14H2,1-2H3,(H,23,24). The summed E-state index contributed by atoms with van der Waals surface area (Å²) in [6, 6.07) is 19.2. The zero-order valence-electron chi connectivity index (χ0n) is 15.5. The Morgan fingerprint density at radius 1 is 0.964 bits per heavy atom. The van der Waals surface area contributed by atoms with E-state index >= 15 is 0 Å². The van der Waals surface area contributed by atoms with Crippen LogP contribution in [-0.2, 0) is 17.4 Å². The zero-order valence-corrected chi connectivity index (χ0v) is 16.4. The summed E-state index contributed by atoms with van der Waals surface area (Å²) in [7, 11) is -1.07. The van der Waals surface area contributed by atoms with Crippen LogP contribution in [0.25, 0.3) is 0 Å². The maximum Gasteiger partial charge on any atom is 0.335 e. The van der Waals surface area contributed by atoms with Gasteiger partial charge in [-0.3, -0.25) is 4.21 Å². The lowest BCUT2D eigenvalue weighted by Crippen LogP contribution is -2.01. The lowest BCUT2D eigenvalue weighted by atomic mass is 10.1. The molecule has 1 N–H and O–H groups in total. The molecule has 0 bridgehead atoms. The van der Waals surface area contributed by atoms with E-state index in [1.807, 2.05) is 31.2 Å². The Morgan fingerprint density at radius 2 is 1.64 bits per heavy atom. The summed E-state index contributed by atoms with van der Waals surface area (Å²) in [5, 5.41) is 9.38. The first kappa shape index (κ1) is 19.6. The van der Waals surface area contributed by atoms with Gasteiger partial charge in [-0.05, 0) is 54.4 Å². The Kier molecular flexibility index (Phi) is 6.11. The van der Waals surface area contributed by atoms with Gasteiger partial charge >= 0.3 is 5.97 Å². The van der Waals surface area contributed by atoms with Gasteiger partial charge in [-0.25, -0.2) is 4.79 Å². The molecule has 1 atom stereocenters. The summed E-state index contributed by atoms with van der Waals surface area (Å²) < 4.78 is 23.1. The monoisotopic (exact) mass is 396 g/mol. The lowest BCUT2D eigenvalue weighted by molar-refractivity contribution is 0.0696. The first-order valence-electron chi connectivity index (χ1n) is 8.59. The smallest absolute Gasteiger partial charge is 0.335 e. The number of hydrogen-bond acceptors (Lipinski definition) is 4. The molecule has 3 aromatic carbocycles. The van der Waals surface area contributed by atoms with E-state index in [2.05, 4.69) is 0 Å². The average molecular weight is 396 g/mol. The third-order valence-electron chi connectivity index (χ3n) is 4.17. The van der Waals surface area contributed by atoms with Crippen molar-refractivity contribution in [1.82, 2.24) is 0 Å². The van der Waals surface area contributed by atoms with E-state index in [0.29, 0.717) is 28.8 Å². The highest BCUT2D eigenvalue weighted by atomic mass is 32.2. The molecule has 0 fully saturated rings. The molecule has 3 aromatic rings. The summed E-state index contributed by atoms with van der Waals surface area (Å²) in [4.78, 5) is 12.1. The highest BCUT2D eigenvalue weighted by molar-refractivity contribution is 7.84. The van der Waals surface area contributed by atoms with Crippen molar-refractivity contribution in [3.8, 4) is 17.2 Å². The second-order valence-corrected chi connectivity index (χ2v) is 7.62. The predicted molar refractivity (Wildman–Crippen MR) is 108 cm³/mol. The van der Waals surface area contributed by atoms with E-state index in [-0.39, 0.29) is 5.56 Å². The number of aryl methyl sites for hydroxylation is 1. The van der Waals surface area contributed by atoms with Crippen LogP contribution in [0.5, 0.6) is 17.2 Å². The third-order valence-corrected chi connectivity index (χ3v) is 5.11. The van der Waals surface area contributed by atoms with Crippen molar-refractivity contribution in [2.24, 2.45) is 0 Å². The van der Waals surface area contributed by atoms with E-state index in [1.165, 1.54) is 12.1 Å². The number of hydrogen-bond donors (Lipinski definition) is 1. The number of carboxylic acids is 1. The second-order valence-electron chi connectivity index (χ2n) is 6.24. The van der Waals surface area contributed by atoms with Gasteiger partial charge in [-0.2, -0.15) is 0 Å². The van der Waals surface area contributed by atoms with Crippen LogP contribution in [0.4, 0.5) is 0 Å². The van der Waals surface area contributed by atoms with Crippen molar-refractivity contribution >= 4 is 16.8 Å². The summed E-state index contributed by atoms with van der Waals surface area (Å²) >= 11 is 0. The van der Waals surface area contributed by atoms with Gasteiger partial charge in [0.1, 0.15) is 23.9 Å². The van der Waals surface area contributed by atoms with Gasteiger partial charge in [0.15, 0.2) is 0 Å². The molecule has 144 valence electrons. The van der Waals surface area contributed by atoms with Gasteiger partial charge < -0.3 is 14.6 Å². The fourth-order valence-electron chi connectivity index (χ4n) is 2.61. The van der Waals surface area contributed by atoms with Gasteiger partial charge in [-0.15, -0.1) is 0 Å². The Bertz CT molecular complexity index is 1010. The van der Waals surface area contributed by atoms with Gasteiger partial charge in [-0.1, -0.05) is 24.3 Å². The van der Waals surface area contributed by atoms with Crippen LogP contribution in [0.3, 0.4) is 0 Å². The first-order valence-corrected chi connectivity index (χ1v) is 10.2. The highest BCUT2D eigenvalue weighted by Gasteiger charge is 2.11. The van der Waals surface area contributed by atoms with Crippen LogP contribution in [0.15, 0.2) is 71.6 Å². The van der Waals surface area contributed by atoms with Crippen molar-refractivity contribution in [2.75, 3.05) is 6.26 Å². The lowest BCUT2D eigenvalue weighted by Gasteiger charge is -2.12. The van der Waals surface area contributed by atoms with Crippen LogP contribution in [0.1, 0.15) is 21.5 Å². The largest absolute Gasteiger partial charge is 0.489 e. The van der Waals surface area contributed by atoms with E-state index in [9.17, 15) is 14.1 Å². The molecule has 0 aromatic heterocycles. The second kappa shape index (κ2) is 8.71. The molecule has 28 heavy (non-hydrogen) atoms. The molecule has 0 aliphatic rings. The number of carbonyl (C=O) groups is 1. The quantitative estimate of drug-likeness (QED) is 0.621. The van der Waals surface area contributed by atoms with Crippen molar-refractivity contribution in [2.45, 2.75) is 18.4 Å². The van der Waals surface area contributed by atoms with E-state index in [0.717, 1.165) is 11.1 Å². The van der Waals surface area contributed by atoms with Crippen molar-refractivity contribution < 1.29 is 23.6 Å². The minimum atomic E-state index is -1.07. The van der Waals surface area contributed by atoms with Crippen LogP contribution in [-0.4, -0.2) is 21.5 Å². The summed E-state index contributed by atoms with van der Waals surface area (Å²) in [5.74, 6) is 0.207. The van der Waals surface area contributed by atoms with Gasteiger partial charge in [0.2, 0.25) is 0 Å². The Balaban J connectivity index is 1.81. The molecule has 0 saturated carbocycles. The molecule has 1 unspecified atom stereocenters. The molecule has 0 amide bonds. The van der Waals surface area contributed by atoms with Crippen molar-refractivity contribution in [1.29, 1.82) is 0 Å². The van der Waals surface area contributed by atoms with E-state index in [1.54, 1.807) is 36.6 Å². The third kappa shape index (κ3) is 4.98. The van der Waals surface area contributed by atoms with Crippen LogP contribution in [0, 0.1) is 6.92 Å². The summed E-state index contributed by atoms with van der Waals surface area (Å²) in [5.41, 5.74) is 2.19. The number of ether oxygens (including phenoxy) is 2. The summed E-state index contributed by atoms with van der Waals surface area (Å²) in [6.07, 6.45) is 1.60. The molecule has 0 heterocycles. The maximum absolute atomic E-state index is 11.5. The molecule has 3 rings (SSSR count). The number of aromatic carboxylic acids is 1. The van der Waals surface area contributed by atoms with Crippen molar-refractivity contribution in [3.05, 3.63) is 83.4 Å². The Labute approximate surface area is 166 Å². The van der Waals surface area contributed by atoms with E-state index < -0.39 is 16.8 Å². The van der Waals surface area contributed by atoms with Crippen LogP contribution < -0.4 is 9.47 Å². The molecular weight excluding hydrogens is 376 g/mol. The van der Waals surface area contributed by atoms with Crippen molar-refractivity contribution in [3.63, 3.8) is 0 Å². The highest BCUT2D eigenvalue weighted by Crippen LogP contribution is 2.29. The van der Waals surface area contributed by atoms with Gasteiger partial charge in [0, 0.05) is 28.0 Å². The molecule has 0 radical (unpaired) electrons. The van der Waals surface area contributed by atoms with Gasteiger partial charge in [0.05, 0.1) is 5.56 Å². The SMILES string of the molecule is Cc1ccccc1COc1cc(Oc2ccc(S(C)=O)cc2)cc(C(=O)O)c1. The topological polar surface area (TPSA) is 72.8 Å². The molecule has 0 spiro atoms. The fourth-order valence-corrected chi connectivity index (χ4v) is 3.13. The first-order chi connectivity index (χ1) is 13.4. The van der Waals surface area contributed by atoms with Crippen LogP contribution in [0.2, 0.25) is 0 Å². The molecular formula is C22H20O5S. The summed E-state index contributed by atoms with van der Waals surface area (Å²) in [6.45, 7) is 2.32. The number of benzene rings is 3. The number of rotatable bonds is 7. The molecule has 6 heteroatoms.